The highest BCUT2D eigenvalue weighted by Crippen LogP contribution is 2.26. The van der Waals surface area contributed by atoms with Crippen molar-refractivity contribution in [2.24, 2.45) is 17.8 Å². The molecule has 2 aliphatic heterocycles. The lowest BCUT2D eigenvalue weighted by Gasteiger charge is -2.36. The normalized spacial score (nSPS) is 32.3. The molecule has 2 saturated heterocycles. The van der Waals surface area contributed by atoms with Crippen LogP contribution in [0, 0.1) is 17.8 Å². The number of amides is 2. The second-order valence-corrected chi connectivity index (χ2v) is 6.73. The van der Waals surface area contributed by atoms with Crippen LogP contribution in [0.2, 0.25) is 0 Å². The molecule has 3 atom stereocenters. The predicted octanol–water partition coefficient (Wildman–Crippen LogP) is 1.75. The van der Waals surface area contributed by atoms with E-state index >= 15 is 0 Å². The highest BCUT2D eigenvalue weighted by molar-refractivity contribution is 5.89. The van der Waals surface area contributed by atoms with Crippen LogP contribution < -0.4 is 0 Å². The number of nitrogens with zero attached hydrogens (tertiary/aromatic N) is 2. The topological polar surface area (TPSA) is 40.6 Å². The van der Waals surface area contributed by atoms with Crippen LogP contribution in [0.4, 0.5) is 0 Å². The second kappa shape index (κ2) is 5.51. The summed E-state index contributed by atoms with van der Waals surface area (Å²) in [7, 11) is 0. The molecule has 0 aliphatic carbocycles. The number of carbonyl (C=O) groups is 2. The zero-order valence-electron chi connectivity index (χ0n) is 12.6. The van der Waals surface area contributed by atoms with Crippen LogP contribution in [0.1, 0.15) is 40.5 Å². The maximum Gasteiger partial charge on any atom is 0.228 e. The van der Waals surface area contributed by atoms with Crippen molar-refractivity contribution < 1.29 is 9.59 Å². The lowest BCUT2D eigenvalue weighted by molar-refractivity contribution is -0.138. The van der Waals surface area contributed by atoms with Crippen molar-refractivity contribution in [2.75, 3.05) is 19.6 Å². The van der Waals surface area contributed by atoms with Gasteiger partial charge in [-0.05, 0) is 32.1 Å². The van der Waals surface area contributed by atoms with Crippen molar-refractivity contribution in [3.63, 3.8) is 0 Å². The molecule has 4 heteroatoms. The van der Waals surface area contributed by atoms with Crippen molar-refractivity contribution in [1.29, 1.82) is 0 Å². The minimum Gasteiger partial charge on any atom is -0.342 e. The van der Waals surface area contributed by atoms with Crippen LogP contribution in [0.5, 0.6) is 0 Å². The third-order valence-electron chi connectivity index (χ3n) is 4.31. The van der Waals surface area contributed by atoms with Gasteiger partial charge in [0.1, 0.15) is 0 Å². The fourth-order valence-corrected chi connectivity index (χ4v) is 3.50. The Bertz CT molecular complexity index is 357. The van der Waals surface area contributed by atoms with Crippen LogP contribution in [0.3, 0.4) is 0 Å². The third kappa shape index (κ3) is 3.10. The zero-order chi connectivity index (χ0) is 14.2. The molecule has 0 unspecified atom stereocenters. The van der Waals surface area contributed by atoms with Crippen molar-refractivity contribution in [3.8, 4) is 0 Å². The summed E-state index contributed by atoms with van der Waals surface area (Å²) in [6.07, 6.45) is 1.60. The van der Waals surface area contributed by atoms with Gasteiger partial charge in [0.05, 0.1) is 5.92 Å². The van der Waals surface area contributed by atoms with E-state index in [9.17, 15) is 9.59 Å². The van der Waals surface area contributed by atoms with E-state index in [1.165, 1.54) is 6.42 Å². The van der Waals surface area contributed by atoms with Crippen molar-refractivity contribution in [3.05, 3.63) is 0 Å². The Balaban J connectivity index is 1.99. The first kappa shape index (κ1) is 14.4. The van der Waals surface area contributed by atoms with Gasteiger partial charge < -0.3 is 9.80 Å². The molecule has 2 rings (SSSR count). The Morgan fingerprint density at radius 2 is 1.74 bits per heavy atom. The fraction of sp³-hybridized carbons (Fsp3) is 0.867. The summed E-state index contributed by atoms with van der Waals surface area (Å²) in [4.78, 5) is 28.3. The molecule has 2 heterocycles. The van der Waals surface area contributed by atoms with Gasteiger partial charge in [-0.1, -0.05) is 13.8 Å². The largest absolute Gasteiger partial charge is 0.342 e. The van der Waals surface area contributed by atoms with Gasteiger partial charge in [0.15, 0.2) is 0 Å². The van der Waals surface area contributed by atoms with Crippen LogP contribution in [-0.4, -0.2) is 47.3 Å². The van der Waals surface area contributed by atoms with Crippen LogP contribution in [0.15, 0.2) is 0 Å². The molecule has 2 amide bonds. The Labute approximate surface area is 116 Å². The van der Waals surface area contributed by atoms with Gasteiger partial charge in [0.2, 0.25) is 11.8 Å². The first-order valence-electron chi connectivity index (χ1n) is 7.46. The molecule has 2 fully saturated rings. The Morgan fingerprint density at radius 1 is 1.16 bits per heavy atom. The minimum atomic E-state index is -0.118. The molecule has 0 aromatic rings. The lowest BCUT2D eigenvalue weighted by atomic mass is 9.91. The highest BCUT2D eigenvalue weighted by Gasteiger charge is 2.38. The lowest BCUT2D eigenvalue weighted by Crippen LogP contribution is -2.46. The molecule has 0 aromatic heterocycles. The molecule has 0 aromatic carbocycles. The molecule has 108 valence electrons. The van der Waals surface area contributed by atoms with Gasteiger partial charge in [-0.3, -0.25) is 9.59 Å². The average Bonchev–Trinajstić information content (AvgIpc) is 2.69. The Hall–Kier alpha value is -1.06. The first-order chi connectivity index (χ1) is 8.88. The van der Waals surface area contributed by atoms with E-state index in [0.29, 0.717) is 24.8 Å². The van der Waals surface area contributed by atoms with Gasteiger partial charge in [-0.25, -0.2) is 0 Å². The summed E-state index contributed by atoms with van der Waals surface area (Å²) < 4.78 is 0. The van der Waals surface area contributed by atoms with Gasteiger partial charge >= 0.3 is 0 Å². The molecule has 0 radical (unpaired) electrons. The molecule has 4 nitrogen and oxygen atoms in total. The molecular formula is C15H26N2O2. The van der Waals surface area contributed by atoms with E-state index in [2.05, 4.69) is 13.8 Å². The van der Waals surface area contributed by atoms with E-state index in [-0.39, 0.29) is 23.8 Å². The van der Waals surface area contributed by atoms with Gasteiger partial charge in [-0.15, -0.1) is 0 Å². The number of rotatable bonds is 2. The maximum absolute atomic E-state index is 12.6. The van der Waals surface area contributed by atoms with Gasteiger partial charge in [0, 0.05) is 32.1 Å². The second-order valence-electron chi connectivity index (χ2n) is 6.73. The summed E-state index contributed by atoms with van der Waals surface area (Å²) in [5.74, 6) is 1.35. The van der Waals surface area contributed by atoms with Crippen molar-refractivity contribution in [2.45, 2.75) is 46.6 Å². The maximum atomic E-state index is 12.6. The number of piperidine rings is 1. The van der Waals surface area contributed by atoms with Crippen molar-refractivity contribution in [1.82, 2.24) is 9.80 Å². The first-order valence-corrected chi connectivity index (χ1v) is 7.46. The SMILES string of the molecule is CC(C)N1C[C@H](C(=O)N2C[C@H](C)C[C@@H](C)C2)CC1=O. The monoisotopic (exact) mass is 266 g/mol. The molecule has 0 N–H and O–H groups in total. The standard InChI is InChI=1S/C15H26N2O2/c1-10(2)17-9-13(6-14(17)18)15(19)16-7-11(3)5-12(4)8-16/h10-13H,5-9H2,1-4H3/t11-,12-,13-/m1/s1. The van der Waals surface area contributed by atoms with E-state index in [1.807, 2.05) is 23.6 Å². The predicted molar refractivity (Wildman–Crippen MR) is 74.5 cm³/mol. The number of hydrogen-bond acceptors (Lipinski definition) is 2. The van der Waals surface area contributed by atoms with E-state index in [0.717, 1.165) is 13.1 Å². The average molecular weight is 266 g/mol. The third-order valence-corrected chi connectivity index (χ3v) is 4.31. The van der Waals surface area contributed by atoms with Crippen LogP contribution >= 0.6 is 0 Å². The van der Waals surface area contributed by atoms with E-state index < -0.39 is 0 Å². The number of likely N-dealkylation sites (tertiary alicyclic amines) is 2. The highest BCUT2D eigenvalue weighted by atomic mass is 16.2. The van der Waals surface area contributed by atoms with E-state index in [4.69, 9.17) is 0 Å². The Morgan fingerprint density at radius 3 is 2.21 bits per heavy atom. The molecular weight excluding hydrogens is 240 g/mol. The Kier molecular flexibility index (Phi) is 4.16. The molecule has 0 bridgehead atoms. The summed E-state index contributed by atoms with van der Waals surface area (Å²) >= 11 is 0. The summed E-state index contributed by atoms with van der Waals surface area (Å²) in [5, 5.41) is 0. The quantitative estimate of drug-likeness (QED) is 0.764. The van der Waals surface area contributed by atoms with Crippen molar-refractivity contribution >= 4 is 11.8 Å². The molecule has 2 aliphatic rings. The zero-order valence-corrected chi connectivity index (χ0v) is 12.6. The van der Waals surface area contributed by atoms with Crippen LogP contribution in [-0.2, 0) is 9.59 Å². The number of hydrogen-bond donors (Lipinski definition) is 0. The number of carbonyl (C=O) groups excluding carboxylic acids is 2. The minimum absolute atomic E-state index is 0.118. The van der Waals surface area contributed by atoms with Crippen LogP contribution in [0.25, 0.3) is 0 Å². The summed E-state index contributed by atoms with van der Waals surface area (Å²) in [5.41, 5.74) is 0. The molecule has 0 spiro atoms. The summed E-state index contributed by atoms with van der Waals surface area (Å²) in [6, 6.07) is 0.199. The molecule has 0 saturated carbocycles. The fourth-order valence-electron chi connectivity index (χ4n) is 3.50. The van der Waals surface area contributed by atoms with Gasteiger partial charge in [0.25, 0.3) is 0 Å². The van der Waals surface area contributed by atoms with Gasteiger partial charge in [-0.2, -0.15) is 0 Å². The van der Waals surface area contributed by atoms with E-state index in [1.54, 1.807) is 0 Å². The summed E-state index contributed by atoms with van der Waals surface area (Å²) in [6.45, 7) is 10.7. The molecule has 19 heavy (non-hydrogen) atoms. The smallest absolute Gasteiger partial charge is 0.228 e.